The van der Waals surface area contributed by atoms with Crippen molar-refractivity contribution >= 4 is 27.3 Å². The van der Waals surface area contributed by atoms with E-state index in [1.165, 1.54) is 33.6 Å². The number of nitrogens with one attached hydrogen (secondary N) is 1. The van der Waals surface area contributed by atoms with Gasteiger partial charge in [0.05, 0.1) is 3.79 Å². The van der Waals surface area contributed by atoms with Crippen LogP contribution in [-0.4, -0.2) is 6.54 Å². The van der Waals surface area contributed by atoms with Gasteiger partial charge >= 0.3 is 0 Å². The number of halogens is 1. The molecule has 0 aliphatic heterocycles. The Bertz CT molecular complexity index is 311. The van der Waals surface area contributed by atoms with Crippen molar-refractivity contribution in [2.24, 2.45) is 11.8 Å². The fraction of sp³-hybridized carbons (Fsp3) is 0.667. The highest BCUT2D eigenvalue weighted by Gasteiger charge is 2.27. The van der Waals surface area contributed by atoms with Crippen LogP contribution < -0.4 is 5.32 Å². The molecule has 1 N–H and O–H groups in total. The zero-order chi connectivity index (χ0) is 10.8. The van der Waals surface area contributed by atoms with E-state index in [2.05, 4.69) is 41.2 Å². The number of thiophene rings is 1. The topological polar surface area (TPSA) is 12.0 Å². The SMILES string of the molecule is Cc1cc(CNCC(C)C2CC2)sc1Br. The van der Waals surface area contributed by atoms with E-state index in [9.17, 15) is 0 Å². The molecule has 0 spiro atoms. The van der Waals surface area contributed by atoms with Gasteiger partial charge in [0.1, 0.15) is 0 Å². The Morgan fingerprint density at radius 2 is 2.33 bits per heavy atom. The summed E-state index contributed by atoms with van der Waals surface area (Å²) < 4.78 is 1.27. The van der Waals surface area contributed by atoms with E-state index < -0.39 is 0 Å². The Hall–Kier alpha value is 0.140. The van der Waals surface area contributed by atoms with Gasteiger partial charge < -0.3 is 5.32 Å². The largest absolute Gasteiger partial charge is 0.312 e. The molecule has 0 saturated heterocycles. The van der Waals surface area contributed by atoms with Crippen molar-refractivity contribution in [3.05, 3.63) is 20.3 Å². The average molecular weight is 288 g/mol. The van der Waals surface area contributed by atoms with Gasteiger partial charge in [-0.1, -0.05) is 6.92 Å². The van der Waals surface area contributed by atoms with Gasteiger partial charge in [0.25, 0.3) is 0 Å². The second kappa shape index (κ2) is 4.98. The van der Waals surface area contributed by atoms with E-state index in [-0.39, 0.29) is 0 Å². The van der Waals surface area contributed by atoms with Gasteiger partial charge in [-0.05, 0) is 65.7 Å². The maximum absolute atomic E-state index is 3.56. The summed E-state index contributed by atoms with van der Waals surface area (Å²) in [5.74, 6) is 1.86. The van der Waals surface area contributed by atoms with E-state index in [0.717, 1.165) is 18.4 Å². The van der Waals surface area contributed by atoms with E-state index in [1.807, 2.05) is 11.3 Å². The molecule has 0 aromatic carbocycles. The first-order valence-electron chi connectivity index (χ1n) is 5.62. The molecule has 0 bridgehead atoms. The van der Waals surface area contributed by atoms with Crippen LogP contribution in [0.1, 0.15) is 30.2 Å². The highest BCUT2D eigenvalue weighted by molar-refractivity contribution is 9.11. The molecular formula is C12H18BrNS. The first-order valence-corrected chi connectivity index (χ1v) is 7.23. The summed E-state index contributed by atoms with van der Waals surface area (Å²) in [5.41, 5.74) is 1.35. The maximum Gasteiger partial charge on any atom is 0.0730 e. The summed E-state index contributed by atoms with van der Waals surface area (Å²) >= 11 is 5.41. The predicted octanol–water partition coefficient (Wildman–Crippen LogP) is 3.95. The Kier molecular flexibility index (Phi) is 3.86. The molecule has 1 unspecified atom stereocenters. The first kappa shape index (κ1) is 11.6. The predicted molar refractivity (Wildman–Crippen MR) is 70.4 cm³/mol. The fourth-order valence-corrected chi connectivity index (χ4v) is 3.46. The minimum Gasteiger partial charge on any atom is -0.312 e. The minimum atomic E-state index is 0.856. The summed E-state index contributed by atoms with van der Waals surface area (Å²) in [6, 6.07) is 2.27. The van der Waals surface area contributed by atoms with Gasteiger partial charge in [-0.3, -0.25) is 0 Å². The molecule has 1 aromatic heterocycles. The Morgan fingerprint density at radius 3 is 2.87 bits per heavy atom. The van der Waals surface area contributed by atoms with E-state index in [4.69, 9.17) is 0 Å². The van der Waals surface area contributed by atoms with Crippen molar-refractivity contribution < 1.29 is 0 Å². The van der Waals surface area contributed by atoms with Crippen molar-refractivity contribution in [1.29, 1.82) is 0 Å². The quantitative estimate of drug-likeness (QED) is 0.865. The van der Waals surface area contributed by atoms with Crippen molar-refractivity contribution in [2.45, 2.75) is 33.2 Å². The van der Waals surface area contributed by atoms with E-state index >= 15 is 0 Å². The number of hydrogen-bond donors (Lipinski definition) is 1. The summed E-state index contributed by atoms with van der Waals surface area (Å²) in [6.45, 7) is 6.70. The lowest BCUT2D eigenvalue weighted by Crippen LogP contribution is -2.21. The summed E-state index contributed by atoms with van der Waals surface area (Å²) in [5, 5.41) is 3.55. The average Bonchev–Trinajstić information content (AvgIpc) is 2.96. The molecule has 0 amide bonds. The molecule has 1 heterocycles. The van der Waals surface area contributed by atoms with Gasteiger partial charge in [-0.25, -0.2) is 0 Å². The molecule has 1 saturated carbocycles. The third kappa shape index (κ3) is 3.30. The first-order chi connectivity index (χ1) is 7.16. The lowest BCUT2D eigenvalue weighted by Gasteiger charge is -2.10. The fourth-order valence-electron chi connectivity index (χ4n) is 1.87. The van der Waals surface area contributed by atoms with Crippen LogP contribution in [0.5, 0.6) is 0 Å². The molecular weight excluding hydrogens is 270 g/mol. The second-order valence-corrected chi connectivity index (χ2v) is 7.07. The van der Waals surface area contributed by atoms with Crippen molar-refractivity contribution in [1.82, 2.24) is 5.32 Å². The summed E-state index contributed by atoms with van der Waals surface area (Å²) in [7, 11) is 0. The van der Waals surface area contributed by atoms with Crippen LogP contribution in [0.3, 0.4) is 0 Å². The number of hydrogen-bond acceptors (Lipinski definition) is 2. The standard InChI is InChI=1S/C12H18BrNS/c1-8-5-11(15-12(8)13)7-14-6-9(2)10-3-4-10/h5,9-10,14H,3-4,6-7H2,1-2H3. The molecule has 15 heavy (non-hydrogen) atoms. The summed E-state index contributed by atoms with van der Waals surface area (Å²) in [4.78, 5) is 1.43. The lowest BCUT2D eigenvalue weighted by atomic mass is 10.1. The normalized spacial score (nSPS) is 18.1. The Labute approximate surface area is 104 Å². The monoisotopic (exact) mass is 287 g/mol. The smallest absolute Gasteiger partial charge is 0.0730 e. The molecule has 1 nitrogen and oxygen atoms in total. The lowest BCUT2D eigenvalue weighted by molar-refractivity contribution is 0.463. The van der Waals surface area contributed by atoms with Gasteiger partial charge in [0, 0.05) is 11.4 Å². The highest BCUT2D eigenvalue weighted by atomic mass is 79.9. The van der Waals surface area contributed by atoms with Crippen LogP contribution in [0.25, 0.3) is 0 Å². The zero-order valence-corrected chi connectivity index (χ0v) is 11.7. The van der Waals surface area contributed by atoms with Gasteiger partial charge in [-0.2, -0.15) is 0 Å². The van der Waals surface area contributed by atoms with Gasteiger partial charge in [0.2, 0.25) is 0 Å². The Balaban J connectivity index is 1.73. The minimum absolute atomic E-state index is 0.856. The third-order valence-corrected chi connectivity index (χ3v) is 5.24. The van der Waals surface area contributed by atoms with Crippen LogP contribution in [-0.2, 0) is 6.54 Å². The molecule has 1 fully saturated rings. The molecule has 1 aliphatic carbocycles. The third-order valence-electron chi connectivity index (χ3n) is 3.10. The summed E-state index contributed by atoms with van der Waals surface area (Å²) in [6.07, 6.45) is 2.90. The van der Waals surface area contributed by atoms with Crippen LogP contribution in [0.15, 0.2) is 9.85 Å². The maximum atomic E-state index is 3.56. The zero-order valence-electron chi connectivity index (χ0n) is 9.35. The molecule has 3 heteroatoms. The molecule has 1 atom stereocenters. The van der Waals surface area contributed by atoms with E-state index in [1.54, 1.807) is 0 Å². The molecule has 2 rings (SSSR count). The number of aryl methyl sites for hydroxylation is 1. The second-order valence-electron chi connectivity index (χ2n) is 4.62. The van der Waals surface area contributed by atoms with Crippen LogP contribution in [0.4, 0.5) is 0 Å². The molecule has 1 aromatic rings. The molecule has 1 aliphatic rings. The molecule has 84 valence electrons. The van der Waals surface area contributed by atoms with Crippen LogP contribution in [0, 0.1) is 18.8 Å². The van der Waals surface area contributed by atoms with Crippen molar-refractivity contribution in [2.75, 3.05) is 6.54 Å². The number of rotatable bonds is 5. The Morgan fingerprint density at radius 1 is 1.60 bits per heavy atom. The van der Waals surface area contributed by atoms with Crippen molar-refractivity contribution in [3.63, 3.8) is 0 Å². The van der Waals surface area contributed by atoms with Gasteiger partial charge in [-0.15, -0.1) is 11.3 Å². The highest BCUT2D eigenvalue weighted by Crippen LogP contribution is 2.36. The van der Waals surface area contributed by atoms with E-state index in [0.29, 0.717) is 0 Å². The molecule has 0 radical (unpaired) electrons. The van der Waals surface area contributed by atoms with Crippen molar-refractivity contribution in [3.8, 4) is 0 Å². The van der Waals surface area contributed by atoms with Crippen LogP contribution in [0.2, 0.25) is 0 Å². The van der Waals surface area contributed by atoms with Gasteiger partial charge in [0.15, 0.2) is 0 Å². The van der Waals surface area contributed by atoms with Crippen LogP contribution >= 0.6 is 27.3 Å².